The molecule has 0 aliphatic carbocycles. The highest BCUT2D eigenvalue weighted by Crippen LogP contribution is 2.12. The lowest BCUT2D eigenvalue weighted by molar-refractivity contribution is 0.414. The van der Waals surface area contributed by atoms with Gasteiger partial charge in [0.15, 0.2) is 11.8 Å². The molecule has 0 saturated carbocycles. The largest absolute Gasteiger partial charge is 0.497 e. The minimum absolute atomic E-state index is 0. The lowest BCUT2D eigenvalue weighted by atomic mass is 10.1. The normalized spacial score (nSPS) is 11.1. The molecule has 3 rings (SSSR count). The first-order chi connectivity index (χ1) is 15.0. The van der Waals surface area contributed by atoms with Gasteiger partial charge in [0.1, 0.15) is 23.9 Å². The first-order valence-corrected chi connectivity index (χ1v) is 10.2. The number of rotatable bonds is 8. The van der Waals surface area contributed by atoms with Crippen LogP contribution in [0, 0.1) is 12.7 Å². The van der Waals surface area contributed by atoms with Crippen LogP contribution in [0.4, 0.5) is 4.39 Å². The number of aromatic nitrogens is 3. The monoisotopic (exact) mass is 552 g/mol. The molecule has 9 heteroatoms. The molecule has 0 amide bonds. The zero-order valence-electron chi connectivity index (χ0n) is 18.9. The zero-order valence-corrected chi connectivity index (χ0v) is 21.2. The van der Waals surface area contributed by atoms with Crippen LogP contribution in [-0.4, -0.2) is 46.3 Å². The topological polar surface area (TPSA) is 67.6 Å². The van der Waals surface area contributed by atoms with Crippen LogP contribution in [0.25, 0.3) is 0 Å². The van der Waals surface area contributed by atoms with Gasteiger partial charge in [-0.15, -0.1) is 34.2 Å². The summed E-state index contributed by atoms with van der Waals surface area (Å²) in [6.07, 6.45) is 0.833. The number of halogens is 2. The van der Waals surface area contributed by atoms with E-state index >= 15 is 0 Å². The molecule has 3 aromatic rings. The second-order valence-electron chi connectivity index (χ2n) is 7.37. The number of aryl methyl sites for hydroxylation is 1. The van der Waals surface area contributed by atoms with E-state index in [1.807, 2.05) is 48.7 Å². The van der Waals surface area contributed by atoms with Gasteiger partial charge in [-0.3, -0.25) is 0 Å². The second-order valence-corrected chi connectivity index (χ2v) is 7.37. The third kappa shape index (κ3) is 7.18. The summed E-state index contributed by atoms with van der Waals surface area (Å²) in [5.74, 6) is 2.94. The fourth-order valence-corrected chi connectivity index (χ4v) is 3.14. The highest BCUT2D eigenvalue weighted by atomic mass is 127. The number of benzene rings is 2. The van der Waals surface area contributed by atoms with Gasteiger partial charge in [-0.1, -0.05) is 24.3 Å². The Bertz CT molecular complexity index is 1020. The van der Waals surface area contributed by atoms with Crippen molar-refractivity contribution in [3.05, 3.63) is 77.1 Å². The summed E-state index contributed by atoms with van der Waals surface area (Å²) in [4.78, 5) is 6.72. The van der Waals surface area contributed by atoms with Gasteiger partial charge in [0.05, 0.1) is 7.11 Å². The Morgan fingerprint density at radius 2 is 1.91 bits per heavy atom. The molecule has 0 saturated heterocycles. The number of nitrogens with zero attached hydrogens (tertiary/aromatic N) is 5. The Morgan fingerprint density at radius 3 is 2.53 bits per heavy atom. The van der Waals surface area contributed by atoms with Crippen molar-refractivity contribution in [3.8, 4) is 5.75 Å². The molecular formula is C23H30FIN6O. The predicted molar refractivity (Wildman–Crippen MR) is 135 cm³/mol. The summed E-state index contributed by atoms with van der Waals surface area (Å²) in [6, 6.07) is 14.6. The molecule has 32 heavy (non-hydrogen) atoms. The first kappa shape index (κ1) is 25.6. The molecule has 0 radical (unpaired) electrons. The van der Waals surface area contributed by atoms with E-state index in [0.29, 0.717) is 19.6 Å². The fraction of sp³-hybridized carbons (Fsp3) is 0.348. The lowest BCUT2D eigenvalue weighted by Gasteiger charge is -2.23. The summed E-state index contributed by atoms with van der Waals surface area (Å²) < 4.78 is 20.7. The van der Waals surface area contributed by atoms with Gasteiger partial charge in [-0.2, -0.15) is 0 Å². The Morgan fingerprint density at radius 1 is 1.16 bits per heavy atom. The molecule has 7 nitrogen and oxygen atoms in total. The van der Waals surface area contributed by atoms with Gasteiger partial charge in [0.25, 0.3) is 0 Å². The molecule has 0 atom stereocenters. The number of hydrogen-bond donors (Lipinski definition) is 1. The van der Waals surface area contributed by atoms with E-state index in [1.54, 1.807) is 13.2 Å². The van der Waals surface area contributed by atoms with Crippen LogP contribution in [0.5, 0.6) is 5.75 Å². The molecule has 0 spiro atoms. The third-order valence-electron chi connectivity index (χ3n) is 5.08. The Balaban J connectivity index is 0.00000363. The minimum atomic E-state index is -0.244. The molecule has 0 fully saturated rings. The van der Waals surface area contributed by atoms with E-state index in [2.05, 4.69) is 27.6 Å². The average Bonchev–Trinajstić information content (AvgIpc) is 3.08. The number of nitrogens with one attached hydrogen (secondary N) is 1. The molecular weight excluding hydrogens is 522 g/mol. The molecule has 2 aromatic carbocycles. The van der Waals surface area contributed by atoms with Crippen molar-refractivity contribution in [2.45, 2.75) is 26.4 Å². The first-order valence-electron chi connectivity index (χ1n) is 10.2. The molecule has 1 heterocycles. The highest BCUT2D eigenvalue weighted by Gasteiger charge is 2.10. The van der Waals surface area contributed by atoms with Gasteiger partial charge >= 0.3 is 0 Å². The lowest BCUT2D eigenvalue weighted by Crippen LogP contribution is -2.39. The second kappa shape index (κ2) is 12.4. The number of aliphatic imine (C=N–C) groups is 1. The number of ether oxygens (including phenoxy) is 1. The van der Waals surface area contributed by atoms with Gasteiger partial charge in [0, 0.05) is 27.2 Å². The van der Waals surface area contributed by atoms with Crippen LogP contribution >= 0.6 is 24.0 Å². The van der Waals surface area contributed by atoms with Crippen molar-refractivity contribution >= 4 is 29.9 Å². The molecule has 1 aromatic heterocycles. The minimum Gasteiger partial charge on any atom is -0.497 e. The van der Waals surface area contributed by atoms with E-state index < -0.39 is 0 Å². The van der Waals surface area contributed by atoms with E-state index in [9.17, 15) is 4.39 Å². The van der Waals surface area contributed by atoms with Crippen LogP contribution in [-0.2, 0) is 26.6 Å². The van der Waals surface area contributed by atoms with E-state index in [1.165, 1.54) is 17.7 Å². The average molecular weight is 552 g/mol. The van der Waals surface area contributed by atoms with Gasteiger partial charge < -0.3 is 19.5 Å². The summed E-state index contributed by atoms with van der Waals surface area (Å²) in [5.41, 5.74) is 2.08. The summed E-state index contributed by atoms with van der Waals surface area (Å²) in [7, 11) is 5.52. The summed E-state index contributed by atoms with van der Waals surface area (Å²) >= 11 is 0. The van der Waals surface area contributed by atoms with E-state index in [0.717, 1.165) is 35.3 Å². The van der Waals surface area contributed by atoms with Crippen molar-refractivity contribution in [1.82, 2.24) is 25.0 Å². The van der Waals surface area contributed by atoms with Gasteiger partial charge in [-0.05, 0) is 48.7 Å². The van der Waals surface area contributed by atoms with Crippen molar-refractivity contribution in [2.75, 3.05) is 20.7 Å². The summed E-state index contributed by atoms with van der Waals surface area (Å²) in [6.45, 7) is 3.54. The molecule has 0 aliphatic rings. The Labute approximate surface area is 205 Å². The standard InChI is InChI=1S/C23H29FN6O.HI/c1-17-27-28-22(30(17)3)15-26-23(29(2)16-19-6-5-7-20(24)14-19)25-13-12-18-8-10-21(31-4)11-9-18;/h5-11,14H,12-13,15-16H2,1-4H3,(H,25,26);1H. The van der Waals surface area contributed by atoms with Crippen molar-refractivity contribution in [3.63, 3.8) is 0 Å². The predicted octanol–water partition coefficient (Wildman–Crippen LogP) is 3.71. The smallest absolute Gasteiger partial charge is 0.194 e. The molecule has 172 valence electrons. The quantitative estimate of drug-likeness (QED) is 0.262. The van der Waals surface area contributed by atoms with Crippen LogP contribution in [0.3, 0.4) is 0 Å². The van der Waals surface area contributed by atoms with Gasteiger partial charge in [-0.25, -0.2) is 9.38 Å². The molecule has 0 unspecified atom stereocenters. The van der Waals surface area contributed by atoms with Crippen LogP contribution < -0.4 is 10.1 Å². The van der Waals surface area contributed by atoms with Crippen LogP contribution in [0.2, 0.25) is 0 Å². The van der Waals surface area contributed by atoms with Crippen molar-refractivity contribution in [2.24, 2.45) is 12.0 Å². The summed E-state index contributed by atoms with van der Waals surface area (Å²) in [5, 5.41) is 11.7. The molecule has 0 aliphatic heterocycles. The molecule has 1 N–H and O–H groups in total. The van der Waals surface area contributed by atoms with Crippen molar-refractivity contribution in [1.29, 1.82) is 0 Å². The fourth-order valence-electron chi connectivity index (χ4n) is 3.14. The molecule has 0 bridgehead atoms. The number of guanidine groups is 1. The number of methoxy groups -OCH3 is 1. The maximum atomic E-state index is 13.6. The Hall–Kier alpha value is -2.69. The van der Waals surface area contributed by atoms with Gasteiger partial charge in [0.2, 0.25) is 0 Å². The van der Waals surface area contributed by atoms with Crippen LogP contribution in [0.1, 0.15) is 22.8 Å². The Kier molecular flexibility index (Phi) is 9.89. The highest BCUT2D eigenvalue weighted by molar-refractivity contribution is 14.0. The van der Waals surface area contributed by atoms with Crippen LogP contribution in [0.15, 0.2) is 53.5 Å². The van der Waals surface area contributed by atoms with E-state index in [4.69, 9.17) is 9.73 Å². The zero-order chi connectivity index (χ0) is 22.2. The number of hydrogen-bond acceptors (Lipinski definition) is 4. The maximum absolute atomic E-state index is 13.6. The van der Waals surface area contributed by atoms with E-state index in [-0.39, 0.29) is 29.8 Å². The maximum Gasteiger partial charge on any atom is 0.194 e. The van der Waals surface area contributed by atoms with Crippen molar-refractivity contribution < 1.29 is 9.13 Å². The SMILES string of the molecule is COc1ccc(CCNC(=NCc2nnc(C)n2C)N(C)Cc2cccc(F)c2)cc1.I. The third-order valence-corrected chi connectivity index (χ3v) is 5.08.